The molecule has 0 atom stereocenters. The fourth-order valence-corrected chi connectivity index (χ4v) is 2.95. The Labute approximate surface area is 123 Å². The highest BCUT2D eigenvalue weighted by atomic mass is 32.2. The van der Waals surface area contributed by atoms with Gasteiger partial charge in [0.05, 0.1) is 4.90 Å². The number of aromatic nitrogens is 1. The minimum Gasteiger partial charge on any atom is -0.319 e. The summed E-state index contributed by atoms with van der Waals surface area (Å²) in [6.45, 7) is 1.87. The van der Waals surface area contributed by atoms with Crippen molar-refractivity contribution in [3.63, 3.8) is 0 Å². The molecule has 2 rings (SSSR count). The Balaban J connectivity index is 2.48. The van der Waals surface area contributed by atoms with Crippen LogP contribution in [0.25, 0.3) is 6.08 Å². The highest BCUT2D eigenvalue weighted by Gasteiger charge is 2.20. The summed E-state index contributed by atoms with van der Waals surface area (Å²) >= 11 is 0. The lowest BCUT2D eigenvalue weighted by atomic mass is 10.2. The van der Waals surface area contributed by atoms with Crippen molar-refractivity contribution in [3.05, 3.63) is 64.9 Å². The number of sulfone groups is 1. The van der Waals surface area contributed by atoms with Gasteiger partial charge < -0.3 is 5.32 Å². The third kappa shape index (κ3) is 3.55. The van der Waals surface area contributed by atoms with Crippen LogP contribution in [0.1, 0.15) is 11.1 Å². The number of rotatable bonds is 5. The van der Waals surface area contributed by atoms with Crippen molar-refractivity contribution in [1.82, 2.24) is 10.3 Å². The molecule has 0 saturated carbocycles. The summed E-state index contributed by atoms with van der Waals surface area (Å²) in [7, 11) is -3.78. The minimum absolute atomic E-state index is 0.128. The molecule has 0 bridgehead atoms. The van der Waals surface area contributed by atoms with Crippen LogP contribution in [-0.4, -0.2) is 19.8 Å². The lowest BCUT2D eigenvalue weighted by Gasteiger charge is -2.08. The van der Waals surface area contributed by atoms with Gasteiger partial charge in [0.1, 0.15) is 5.03 Å². The summed E-state index contributed by atoms with van der Waals surface area (Å²) in [5.74, 6) is 0. The molecule has 1 N–H and O–H groups in total. The number of hydrogen-bond donors (Lipinski definition) is 1. The average Bonchev–Trinajstić information content (AvgIpc) is 2.48. The molecule has 0 aliphatic rings. The fourth-order valence-electron chi connectivity index (χ4n) is 1.71. The van der Waals surface area contributed by atoms with Crippen LogP contribution in [0, 0.1) is 6.92 Å². The monoisotopic (exact) mass is 302 g/mol. The van der Waals surface area contributed by atoms with Crippen LogP contribution in [0.4, 0.5) is 0 Å². The number of aryl methyl sites for hydroxylation is 1. The maximum Gasteiger partial charge on any atom is 0.221 e. The number of benzene rings is 1. The van der Waals surface area contributed by atoms with E-state index in [0.717, 1.165) is 5.56 Å². The van der Waals surface area contributed by atoms with E-state index in [1.54, 1.807) is 36.7 Å². The molecular weight excluding hydrogens is 288 g/mol. The number of amides is 1. The van der Waals surface area contributed by atoms with Crippen molar-refractivity contribution in [2.75, 3.05) is 0 Å². The third-order valence-corrected chi connectivity index (χ3v) is 4.53. The number of nitrogens with zero attached hydrogens (tertiary/aromatic N) is 1. The molecule has 0 saturated heterocycles. The summed E-state index contributed by atoms with van der Waals surface area (Å²) in [5, 5.41) is 2.08. The second-order valence-electron chi connectivity index (χ2n) is 4.37. The maximum absolute atomic E-state index is 12.5. The molecule has 1 aromatic heterocycles. The molecule has 1 aromatic carbocycles. The van der Waals surface area contributed by atoms with E-state index in [1.165, 1.54) is 18.2 Å². The van der Waals surface area contributed by atoms with Gasteiger partial charge in [0, 0.05) is 12.4 Å². The number of nitrogens with one attached hydrogen (secondary N) is 1. The molecule has 0 radical (unpaired) electrons. The Bertz CT molecular complexity index is 751. The minimum atomic E-state index is -3.78. The van der Waals surface area contributed by atoms with E-state index in [9.17, 15) is 13.2 Å². The lowest BCUT2D eigenvalue weighted by molar-refractivity contribution is -0.108. The Morgan fingerprint density at radius 3 is 2.29 bits per heavy atom. The zero-order chi connectivity index (χ0) is 15.3. The zero-order valence-electron chi connectivity index (χ0n) is 11.4. The molecule has 108 valence electrons. The molecule has 0 fully saturated rings. The van der Waals surface area contributed by atoms with E-state index < -0.39 is 9.84 Å². The standard InChI is InChI=1S/C15H14N2O3S/c1-12-2-4-14(5-3-12)21(19,20)15(17-11-18)10-13-6-8-16-9-7-13/h2-11H,1H3,(H,17,18). The van der Waals surface area contributed by atoms with E-state index >= 15 is 0 Å². The molecule has 6 heteroatoms. The van der Waals surface area contributed by atoms with Gasteiger partial charge in [-0.2, -0.15) is 0 Å². The molecule has 0 unspecified atom stereocenters. The van der Waals surface area contributed by atoms with E-state index in [4.69, 9.17) is 0 Å². The van der Waals surface area contributed by atoms with Gasteiger partial charge in [0.15, 0.2) is 0 Å². The molecule has 1 heterocycles. The SMILES string of the molecule is Cc1ccc(S(=O)(=O)C(=Cc2ccncc2)NC=O)cc1. The van der Waals surface area contributed by atoms with Crippen molar-refractivity contribution in [2.24, 2.45) is 0 Å². The first-order valence-corrected chi connectivity index (χ1v) is 7.66. The van der Waals surface area contributed by atoms with Gasteiger partial charge in [-0.05, 0) is 42.8 Å². The highest BCUT2D eigenvalue weighted by molar-refractivity contribution is 7.95. The molecule has 0 aliphatic carbocycles. The van der Waals surface area contributed by atoms with Gasteiger partial charge in [0.2, 0.25) is 16.2 Å². The normalized spacial score (nSPS) is 12.0. The van der Waals surface area contributed by atoms with E-state index in [0.29, 0.717) is 12.0 Å². The van der Waals surface area contributed by atoms with Gasteiger partial charge in [-0.15, -0.1) is 0 Å². The predicted octanol–water partition coefficient (Wildman–Crippen LogP) is 1.91. The number of carbonyl (C=O) groups is 1. The highest BCUT2D eigenvalue weighted by Crippen LogP contribution is 2.19. The molecule has 5 nitrogen and oxygen atoms in total. The van der Waals surface area contributed by atoms with Crippen molar-refractivity contribution in [2.45, 2.75) is 11.8 Å². The Kier molecular flexibility index (Phi) is 4.49. The average molecular weight is 302 g/mol. The van der Waals surface area contributed by atoms with Crippen LogP contribution in [0.5, 0.6) is 0 Å². The third-order valence-electron chi connectivity index (χ3n) is 2.83. The van der Waals surface area contributed by atoms with Crippen LogP contribution in [0.2, 0.25) is 0 Å². The Morgan fingerprint density at radius 1 is 1.10 bits per heavy atom. The van der Waals surface area contributed by atoms with Crippen molar-refractivity contribution >= 4 is 22.3 Å². The summed E-state index contributed by atoms with van der Waals surface area (Å²) in [4.78, 5) is 14.7. The van der Waals surface area contributed by atoms with Gasteiger partial charge >= 0.3 is 0 Å². The fraction of sp³-hybridized carbons (Fsp3) is 0.0667. The van der Waals surface area contributed by atoms with Crippen molar-refractivity contribution in [3.8, 4) is 0 Å². The van der Waals surface area contributed by atoms with Crippen LogP contribution >= 0.6 is 0 Å². The van der Waals surface area contributed by atoms with Crippen LogP contribution in [0.3, 0.4) is 0 Å². The second-order valence-corrected chi connectivity index (χ2v) is 6.29. The number of carbonyl (C=O) groups excluding carboxylic acids is 1. The largest absolute Gasteiger partial charge is 0.319 e. The molecule has 0 spiro atoms. The smallest absolute Gasteiger partial charge is 0.221 e. The van der Waals surface area contributed by atoms with Gasteiger partial charge in [-0.3, -0.25) is 9.78 Å². The van der Waals surface area contributed by atoms with Crippen LogP contribution < -0.4 is 5.32 Å². The second kappa shape index (κ2) is 6.32. The van der Waals surface area contributed by atoms with Crippen molar-refractivity contribution < 1.29 is 13.2 Å². The summed E-state index contributed by atoms with van der Waals surface area (Å²) in [6.07, 6.45) is 4.83. The zero-order valence-corrected chi connectivity index (χ0v) is 12.2. The van der Waals surface area contributed by atoms with Gasteiger partial charge in [-0.25, -0.2) is 8.42 Å². The molecule has 21 heavy (non-hydrogen) atoms. The van der Waals surface area contributed by atoms with Crippen LogP contribution in [0.15, 0.2) is 58.7 Å². The summed E-state index contributed by atoms with van der Waals surface area (Å²) < 4.78 is 25.1. The molecular formula is C15H14N2O3S. The predicted molar refractivity (Wildman–Crippen MR) is 79.8 cm³/mol. The topological polar surface area (TPSA) is 76.1 Å². The molecule has 1 amide bonds. The first-order valence-electron chi connectivity index (χ1n) is 6.18. The van der Waals surface area contributed by atoms with Crippen molar-refractivity contribution in [1.29, 1.82) is 0 Å². The Morgan fingerprint density at radius 2 is 1.71 bits per heavy atom. The first-order chi connectivity index (χ1) is 10.0. The molecule has 2 aromatic rings. The van der Waals surface area contributed by atoms with E-state index in [1.807, 2.05) is 6.92 Å². The number of hydrogen-bond acceptors (Lipinski definition) is 4. The first kappa shape index (κ1) is 14.9. The number of pyridine rings is 1. The maximum atomic E-state index is 12.5. The molecule has 0 aliphatic heterocycles. The quantitative estimate of drug-likeness (QED) is 0.856. The van der Waals surface area contributed by atoms with Crippen LogP contribution in [-0.2, 0) is 14.6 Å². The lowest BCUT2D eigenvalue weighted by Crippen LogP contribution is -2.19. The van der Waals surface area contributed by atoms with Gasteiger partial charge in [-0.1, -0.05) is 17.7 Å². The van der Waals surface area contributed by atoms with E-state index in [-0.39, 0.29) is 9.92 Å². The Hall–Kier alpha value is -2.47. The van der Waals surface area contributed by atoms with Gasteiger partial charge in [0.25, 0.3) is 0 Å². The van der Waals surface area contributed by atoms with E-state index in [2.05, 4.69) is 10.3 Å². The summed E-state index contributed by atoms with van der Waals surface area (Å²) in [5.41, 5.74) is 1.59. The summed E-state index contributed by atoms with van der Waals surface area (Å²) in [6, 6.07) is 9.74.